The molecule has 0 bridgehead atoms. The summed E-state index contributed by atoms with van der Waals surface area (Å²) in [5.74, 6) is -0.108. The molecule has 1 aliphatic rings. The van der Waals surface area contributed by atoms with Crippen molar-refractivity contribution in [1.82, 2.24) is 10.2 Å². The van der Waals surface area contributed by atoms with Gasteiger partial charge in [0.2, 0.25) is 5.91 Å². The van der Waals surface area contributed by atoms with Crippen molar-refractivity contribution < 1.29 is 14.5 Å². The van der Waals surface area contributed by atoms with Crippen LogP contribution in [-0.2, 0) is 4.79 Å². The van der Waals surface area contributed by atoms with Gasteiger partial charge in [-0.1, -0.05) is 13.3 Å². The van der Waals surface area contributed by atoms with Gasteiger partial charge in [-0.05, 0) is 31.4 Å². The van der Waals surface area contributed by atoms with E-state index in [-0.39, 0.29) is 23.4 Å². The summed E-state index contributed by atoms with van der Waals surface area (Å²) < 4.78 is 0. The molecule has 0 spiro atoms. The Morgan fingerprint density at radius 3 is 2.42 bits per heavy atom. The number of nitro groups is 1. The predicted molar refractivity (Wildman–Crippen MR) is 89.6 cm³/mol. The van der Waals surface area contributed by atoms with Crippen LogP contribution in [0.2, 0.25) is 0 Å². The van der Waals surface area contributed by atoms with Gasteiger partial charge in [-0.3, -0.25) is 19.7 Å². The lowest BCUT2D eigenvalue weighted by Gasteiger charge is -2.31. The molecule has 1 fully saturated rings. The third-order valence-electron chi connectivity index (χ3n) is 4.31. The standard InChI is InChI=1S/C17H23N3O4/c1-2-3-10-18-16(21)13-8-11-19(12-9-13)17(22)14-4-6-15(7-5-14)20(23)24/h4-7,13H,2-3,8-12H2,1H3,(H,18,21). The molecule has 0 radical (unpaired) electrons. The lowest BCUT2D eigenvalue weighted by Crippen LogP contribution is -2.43. The van der Waals surface area contributed by atoms with Crippen molar-refractivity contribution in [1.29, 1.82) is 0 Å². The van der Waals surface area contributed by atoms with Crippen LogP contribution in [0.5, 0.6) is 0 Å². The summed E-state index contributed by atoms with van der Waals surface area (Å²) in [6.07, 6.45) is 3.32. The van der Waals surface area contributed by atoms with Gasteiger partial charge in [0.1, 0.15) is 0 Å². The molecule has 0 aromatic heterocycles. The lowest BCUT2D eigenvalue weighted by atomic mass is 9.95. The fraction of sp³-hybridized carbons (Fsp3) is 0.529. The minimum Gasteiger partial charge on any atom is -0.356 e. The first-order chi connectivity index (χ1) is 11.5. The van der Waals surface area contributed by atoms with E-state index in [4.69, 9.17) is 0 Å². The number of rotatable bonds is 6. The van der Waals surface area contributed by atoms with E-state index >= 15 is 0 Å². The Morgan fingerprint density at radius 2 is 1.88 bits per heavy atom. The Kier molecular flexibility index (Phi) is 6.28. The zero-order valence-corrected chi connectivity index (χ0v) is 13.9. The predicted octanol–water partition coefficient (Wildman–Crippen LogP) is 2.36. The Hall–Kier alpha value is -2.44. The molecule has 1 N–H and O–H groups in total. The maximum atomic E-state index is 12.4. The van der Waals surface area contributed by atoms with Gasteiger partial charge in [0.25, 0.3) is 11.6 Å². The second-order valence-corrected chi connectivity index (χ2v) is 6.02. The summed E-state index contributed by atoms with van der Waals surface area (Å²) in [5, 5.41) is 13.6. The number of piperidine rings is 1. The number of amides is 2. The van der Waals surface area contributed by atoms with Gasteiger partial charge < -0.3 is 10.2 Å². The average Bonchev–Trinajstić information content (AvgIpc) is 2.61. The van der Waals surface area contributed by atoms with Gasteiger partial charge in [0.15, 0.2) is 0 Å². The summed E-state index contributed by atoms with van der Waals surface area (Å²) in [6, 6.07) is 5.62. The molecule has 1 aromatic rings. The van der Waals surface area contributed by atoms with E-state index in [1.54, 1.807) is 4.90 Å². The summed E-state index contributed by atoms with van der Waals surface area (Å²) in [5.41, 5.74) is 0.403. The Bertz CT molecular complexity index is 592. The van der Waals surface area contributed by atoms with Crippen LogP contribution in [0.15, 0.2) is 24.3 Å². The third kappa shape index (κ3) is 4.53. The van der Waals surface area contributed by atoms with Crippen molar-refractivity contribution in [2.75, 3.05) is 19.6 Å². The maximum Gasteiger partial charge on any atom is 0.269 e. The van der Waals surface area contributed by atoms with Crippen LogP contribution >= 0.6 is 0 Å². The number of non-ortho nitro benzene ring substituents is 1. The highest BCUT2D eigenvalue weighted by Crippen LogP contribution is 2.20. The van der Waals surface area contributed by atoms with Crippen molar-refractivity contribution >= 4 is 17.5 Å². The summed E-state index contributed by atoms with van der Waals surface area (Å²) in [7, 11) is 0. The van der Waals surface area contributed by atoms with Crippen LogP contribution in [-0.4, -0.2) is 41.3 Å². The summed E-state index contributed by atoms with van der Waals surface area (Å²) >= 11 is 0. The smallest absolute Gasteiger partial charge is 0.269 e. The van der Waals surface area contributed by atoms with Gasteiger partial charge in [0.05, 0.1) is 4.92 Å². The molecule has 24 heavy (non-hydrogen) atoms. The molecule has 1 aliphatic heterocycles. The minimum atomic E-state index is -0.489. The van der Waals surface area contributed by atoms with Crippen LogP contribution in [0.4, 0.5) is 5.69 Å². The second-order valence-electron chi connectivity index (χ2n) is 6.02. The Balaban J connectivity index is 1.86. The Labute approximate surface area is 141 Å². The number of nitrogens with zero attached hydrogens (tertiary/aromatic N) is 2. The quantitative estimate of drug-likeness (QED) is 0.491. The van der Waals surface area contributed by atoms with E-state index in [1.165, 1.54) is 24.3 Å². The highest BCUT2D eigenvalue weighted by atomic mass is 16.6. The van der Waals surface area contributed by atoms with E-state index in [0.717, 1.165) is 12.8 Å². The monoisotopic (exact) mass is 333 g/mol. The fourth-order valence-electron chi connectivity index (χ4n) is 2.79. The largest absolute Gasteiger partial charge is 0.356 e. The van der Waals surface area contributed by atoms with E-state index < -0.39 is 4.92 Å². The molecule has 7 nitrogen and oxygen atoms in total. The molecule has 1 heterocycles. The molecule has 0 aliphatic carbocycles. The van der Waals surface area contributed by atoms with Crippen LogP contribution < -0.4 is 5.32 Å². The molecule has 130 valence electrons. The van der Waals surface area contributed by atoms with Crippen molar-refractivity contribution in [2.24, 2.45) is 5.92 Å². The van der Waals surface area contributed by atoms with Gasteiger partial charge in [0, 0.05) is 43.2 Å². The van der Waals surface area contributed by atoms with Crippen LogP contribution in [0, 0.1) is 16.0 Å². The number of likely N-dealkylation sites (tertiary alicyclic amines) is 1. The SMILES string of the molecule is CCCCNC(=O)C1CCN(C(=O)c2ccc([N+](=O)[O-])cc2)CC1. The molecular formula is C17H23N3O4. The number of nitro benzene ring substituents is 1. The highest BCUT2D eigenvalue weighted by Gasteiger charge is 2.27. The Morgan fingerprint density at radius 1 is 1.25 bits per heavy atom. The topological polar surface area (TPSA) is 92.6 Å². The van der Waals surface area contributed by atoms with E-state index in [9.17, 15) is 19.7 Å². The number of hydrogen-bond donors (Lipinski definition) is 1. The molecule has 2 rings (SSSR count). The maximum absolute atomic E-state index is 12.4. The molecule has 1 aromatic carbocycles. The van der Waals surface area contributed by atoms with Gasteiger partial charge >= 0.3 is 0 Å². The summed E-state index contributed by atoms with van der Waals surface area (Å²) in [6.45, 7) is 3.84. The molecule has 0 unspecified atom stereocenters. The highest BCUT2D eigenvalue weighted by molar-refractivity contribution is 5.94. The van der Waals surface area contributed by atoms with Crippen molar-refractivity contribution in [3.05, 3.63) is 39.9 Å². The molecule has 0 saturated carbocycles. The fourth-order valence-corrected chi connectivity index (χ4v) is 2.79. The number of unbranched alkanes of at least 4 members (excludes halogenated alkanes) is 1. The number of hydrogen-bond acceptors (Lipinski definition) is 4. The first-order valence-electron chi connectivity index (χ1n) is 8.34. The van der Waals surface area contributed by atoms with Crippen molar-refractivity contribution in [3.63, 3.8) is 0 Å². The zero-order valence-electron chi connectivity index (χ0n) is 13.9. The molecular weight excluding hydrogens is 310 g/mol. The van der Waals surface area contributed by atoms with E-state index in [1.807, 2.05) is 0 Å². The number of nitrogens with one attached hydrogen (secondary N) is 1. The van der Waals surface area contributed by atoms with Crippen LogP contribution in [0.3, 0.4) is 0 Å². The van der Waals surface area contributed by atoms with Gasteiger partial charge in [-0.2, -0.15) is 0 Å². The second kappa shape index (κ2) is 8.42. The number of benzene rings is 1. The average molecular weight is 333 g/mol. The van der Waals surface area contributed by atoms with Crippen LogP contribution in [0.1, 0.15) is 43.0 Å². The van der Waals surface area contributed by atoms with Crippen molar-refractivity contribution in [2.45, 2.75) is 32.6 Å². The number of carbonyl (C=O) groups is 2. The first-order valence-corrected chi connectivity index (χ1v) is 8.34. The number of carbonyl (C=O) groups excluding carboxylic acids is 2. The van der Waals surface area contributed by atoms with Gasteiger partial charge in [-0.25, -0.2) is 0 Å². The first kappa shape index (κ1) is 17.9. The minimum absolute atomic E-state index is 0.0333. The lowest BCUT2D eigenvalue weighted by molar-refractivity contribution is -0.384. The summed E-state index contributed by atoms with van der Waals surface area (Å²) in [4.78, 5) is 36.3. The zero-order chi connectivity index (χ0) is 17.5. The van der Waals surface area contributed by atoms with E-state index in [2.05, 4.69) is 12.2 Å². The normalized spacial score (nSPS) is 15.1. The van der Waals surface area contributed by atoms with E-state index in [0.29, 0.717) is 38.0 Å². The van der Waals surface area contributed by atoms with Crippen molar-refractivity contribution in [3.8, 4) is 0 Å². The third-order valence-corrected chi connectivity index (χ3v) is 4.31. The molecule has 1 saturated heterocycles. The molecule has 0 atom stereocenters. The molecule has 7 heteroatoms. The van der Waals surface area contributed by atoms with Gasteiger partial charge in [-0.15, -0.1) is 0 Å². The molecule has 2 amide bonds. The van der Waals surface area contributed by atoms with Crippen LogP contribution in [0.25, 0.3) is 0 Å².